The number of aromatic amines is 1. The summed E-state index contributed by atoms with van der Waals surface area (Å²) in [7, 11) is 0. The first-order valence-corrected chi connectivity index (χ1v) is 3.97. The van der Waals surface area contributed by atoms with Crippen molar-refractivity contribution in [1.29, 1.82) is 0 Å². The summed E-state index contributed by atoms with van der Waals surface area (Å²) in [6, 6.07) is 0. The van der Waals surface area contributed by atoms with E-state index in [0.717, 1.165) is 16.9 Å². The molecule has 2 heterocycles. The number of nitrogens with one attached hydrogen (secondary N) is 1. The number of hydrogen-bond acceptors (Lipinski definition) is 2. The summed E-state index contributed by atoms with van der Waals surface area (Å²) in [4.78, 5) is 11.6. The summed E-state index contributed by atoms with van der Waals surface area (Å²) in [6.45, 7) is 6.18. The number of aryl methyl sites for hydroxylation is 2. The minimum absolute atomic E-state index is 0.815. The van der Waals surface area contributed by atoms with E-state index in [0.29, 0.717) is 0 Å². The monoisotopic (exact) mass is 161 g/mol. The average Bonchev–Trinajstić information content (AvgIpc) is 2.48. The molecule has 0 aliphatic carbocycles. The van der Waals surface area contributed by atoms with E-state index in [9.17, 15) is 0 Å². The largest absolute Gasteiger partial charge is 0.343 e. The molecule has 0 radical (unpaired) electrons. The number of nitrogens with zero attached hydrogens (tertiary/aromatic N) is 2. The van der Waals surface area contributed by atoms with Crippen molar-refractivity contribution in [3.05, 3.63) is 23.1 Å². The lowest BCUT2D eigenvalue weighted by molar-refractivity contribution is 1.15. The molecule has 0 atom stereocenters. The Kier molecular flexibility index (Phi) is 1.40. The van der Waals surface area contributed by atoms with Crippen LogP contribution in [0.4, 0.5) is 0 Å². The van der Waals surface area contributed by atoms with Crippen LogP contribution in [0.1, 0.15) is 16.8 Å². The predicted molar refractivity (Wildman–Crippen MR) is 48.1 cm³/mol. The van der Waals surface area contributed by atoms with Gasteiger partial charge in [-0.25, -0.2) is 9.97 Å². The maximum absolute atomic E-state index is 4.35. The zero-order chi connectivity index (χ0) is 8.72. The highest BCUT2D eigenvalue weighted by Crippen LogP contribution is 2.17. The van der Waals surface area contributed by atoms with Crippen molar-refractivity contribution < 1.29 is 0 Å². The van der Waals surface area contributed by atoms with Crippen molar-refractivity contribution in [1.82, 2.24) is 15.0 Å². The Morgan fingerprint density at radius 2 is 1.92 bits per heavy atom. The fourth-order valence-corrected chi connectivity index (χ4v) is 1.35. The summed E-state index contributed by atoms with van der Waals surface area (Å²) in [6.07, 6.45) is 1.68. The van der Waals surface area contributed by atoms with E-state index in [4.69, 9.17) is 0 Å². The van der Waals surface area contributed by atoms with E-state index in [1.54, 1.807) is 6.33 Å². The molecule has 2 rings (SSSR count). The van der Waals surface area contributed by atoms with Crippen LogP contribution in [0, 0.1) is 20.8 Å². The number of pyridine rings is 1. The molecular weight excluding hydrogens is 150 g/mol. The lowest BCUT2D eigenvalue weighted by Gasteiger charge is -2.03. The smallest absolute Gasteiger partial charge is 0.177 e. The van der Waals surface area contributed by atoms with Crippen LogP contribution in [0.2, 0.25) is 0 Å². The first-order chi connectivity index (χ1) is 5.70. The minimum Gasteiger partial charge on any atom is -0.343 e. The van der Waals surface area contributed by atoms with Gasteiger partial charge >= 0.3 is 0 Å². The summed E-state index contributed by atoms with van der Waals surface area (Å²) >= 11 is 0. The second-order valence-electron chi connectivity index (χ2n) is 3.05. The molecule has 0 aliphatic rings. The standard InChI is InChI=1S/C9H11N3/c1-5-6(2)8-9(11-4-10-8)12-7(5)3/h4H,1-3H3,(H,10,11,12). The third-order valence-corrected chi connectivity index (χ3v) is 2.37. The van der Waals surface area contributed by atoms with Gasteiger partial charge in [0, 0.05) is 5.69 Å². The molecule has 0 unspecified atom stereocenters. The van der Waals surface area contributed by atoms with Crippen molar-refractivity contribution >= 4 is 11.2 Å². The van der Waals surface area contributed by atoms with E-state index in [1.165, 1.54) is 11.1 Å². The van der Waals surface area contributed by atoms with E-state index < -0.39 is 0 Å². The molecule has 3 nitrogen and oxygen atoms in total. The Morgan fingerprint density at radius 1 is 1.17 bits per heavy atom. The molecule has 0 aromatic carbocycles. The van der Waals surface area contributed by atoms with Gasteiger partial charge in [0.2, 0.25) is 0 Å². The van der Waals surface area contributed by atoms with Gasteiger partial charge in [0.15, 0.2) is 5.65 Å². The first kappa shape index (κ1) is 7.28. The highest BCUT2D eigenvalue weighted by atomic mass is 15.0. The van der Waals surface area contributed by atoms with Crippen LogP contribution in [0.3, 0.4) is 0 Å². The molecule has 0 bridgehead atoms. The molecule has 2 aromatic rings. The van der Waals surface area contributed by atoms with E-state index in [2.05, 4.69) is 28.8 Å². The second-order valence-corrected chi connectivity index (χ2v) is 3.05. The summed E-state index contributed by atoms with van der Waals surface area (Å²) < 4.78 is 0. The van der Waals surface area contributed by atoms with Crippen molar-refractivity contribution in [2.75, 3.05) is 0 Å². The molecular formula is C9H11N3. The van der Waals surface area contributed by atoms with Gasteiger partial charge in [-0.15, -0.1) is 0 Å². The third-order valence-electron chi connectivity index (χ3n) is 2.37. The second kappa shape index (κ2) is 2.30. The van der Waals surface area contributed by atoms with Crippen LogP contribution >= 0.6 is 0 Å². The van der Waals surface area contributed by atoms with Crippen molar-refractivity contribution in [2.45, 2.75) is 20.8 Å². The molecule has 1 N–H and O–H groups in total. The third kappa shape index (κ3) is 0.826. The van der Waals surface area contributed by atoms with E-state index in [1.807, 2.05) is 6.92 Å². The molecule has 2 aromatic heterocycles. The van der Waals surface area contributed by atoms with Crippen LogP contribution in [0.15, 0.2) is 6.33 Å². The van der Waals surface area contributed by atoms with Gasteiger partial charge in [0.05, 0.1) is 11.8 Å². The highest BCUT2D eigenvalue weighted by molar-refractivity contribution is 5.75. The highest BCUT2D eigenvalue weighted by Gasteiger charge is 2.06. The fraction of sp³-hybridized carbons (Fsp3) is 0.333. The predicted octanol–water partition coefficient (Wildman–Crippen LogP) is 1.88. The molecule has 0 spiro atoms. The number of imidazole rings is 1. The average molecular weight is 161 g/mol. The number of hydrogen-bond donors (Lipinski definition) is 1. The zero-order valence-electron chi connectivity index (χ0n) is 7.47. The normalized spacial score (nSPS) is 10.9. The van der Waals surface area contributed by atoms with Crippen molar-refractivity contribution in [2.24, 2.45) is 0 Å². The SMILES string of the molecule is Cc1nc2nc[nH]c2c(C)c1C. The van der Waals surface area contributed by atoms with Gasteiger partial charge in [0.1, 0.15) is 0 Å². The van der Waals surface area contributed by atoms with Crippen LogP contribution < -0.4 is 0 Å². The molecule has 0 fully saturated rings. The number of aromatic nitrogens is 3. The number of rotatable bonds is 0. The lowest BCUT2D eigenvalue weighted by Crippen LogP contribution is -1.92. The van der Waals surface area contributed by atoms with Crippen LogP contribution in [-0.2, 0) is 0 Å². The summed E-state index contributed by atoms with van der Waals surface area (Å²) in [5, 5.41) is 0. The minimum atomic E-state index is 0.815. The van der Waals surface area contributed by atoms with E-state index in [-0.39, 0.29) is 0 Å². The topological polar surface area (TPSA) is 41.6 Å². The summed E-state index contributed by atoms with van der Waals surface area (Å²) in [5.41, 5.74) is 5.42. The van der Waals surface area contributed by atoms with Crippen molar-refractivity contribution in [3.8, 4) is 0 Å². The Morgan fingerprint density at radius 3 is 2.67 bits per heavy atom. The molecule has 62 valence electrons. The van der Waals surface area contributed by atoms with Crippen molar-refractivity contribution in [3.63, 3.8) is 0 Å². The van der Waals surface area contributed by atoms with E-state index >= 15 is 0 Å². The van der Waals surface area contributed by atoms with Gasteiger partial charge in [-0.3, -0.25) is 0 Å². The number of H-pyrrole nitrogens is 1. The maximum atomic E-state index is 4.35. The molecule has 3 heteroatoms. The lowest BCUT2D eigenvalue weighted by atomic mass is 10.1. The van der Waals surface area contributed by atoms with Crippen LogP contribution in [0.5, 0.6) is 0 Å². The van der Waals surface area contributed by atoms with Gasteiger partial charge in [-0.05, 0) is 31.9 Å². The van der Waals surface area contributed by atoms with Gasteiger partial charge < -0.3 is 4.98 Å². The maximum Gasteiger partial charge on any atom is 0.177 e. The Bertz CT molecular complexity index is 429. The molecule has 0 saturated heterocycles. The Labute approximate surface area is 70.9 Å². The van der Waals surface area contributed by atoms with Gasteiger partial charge in [0.25, 0.3) is 0 Å². The van der Waals surface area contributed by atoms with Gasteiger partial charge in [-0.2, -0.15) is 0 Å². The van der Waals surface area contributed by atoms with Crippen LogP contribution in [0.25, 0.3) is 11.2 Å². The molecule has 0 aliphatic heterocycles. The summed E-state index contributed by atoms with van der Waals surface area (Å²) in [5.74, 6) is 0. The molecule has 12 heavy (non-hydrogen) atoms. The Balaban J connectivity index is 2.94. The van der Waals surface area contributed by atoms with Gasteiger partial charge in [-0.1, -0.05) is 0 Å². The number of fused-ring (bicyclic) bond motifs is 1. The molecule has 0 amide bonds. The van der Waals surface area contributed by atoms with Crippen LogP contribution in [-0.4, -0.2) is 15.0 Å². The molecule has 0 saturated carbocycles. The zero-order valence-corrected chi connectivity index (χ0v) is 7.47. The Hall–Kier alpha value is -1.38. The quantitative estimate of drug-likeness (QED) is 0.641. The fourth-order valence-electron chi connectivity index (χ4n) is 1.35. The first-order valence-electron chi connectivity index (χ1n) is 3.97.